The van der Waals surface area contributed by atoms with E-state index >= 15 is 0 Å². The standard InChI is InChI=1S/C21H18O10/c1-9(22)28-13-7-16(29-10(2)23)18-17(8-13)31-20(21(19(18)27)30-11(3)24)12-4-5-14(25)15(26)6-12/h4-8,20-21,25-26H,1-3H3/t20-,21+/m0/s1. The van der Waals surface area contributed by atoms with E-state index in [1.165, 1.54) is 24.3 Å². The van der Waals surface area contributed by atoms with Crippen molar-refractivity contribution in [3.63, 3.8) is 0 Å². The molecule has 162 valence electrons. The van der Waals surface area contributed by atoms with Crippen LogP contribution in [0, 0.1) is 0 Å². The number of ether oxygens (including phenoxy) is 4. The number of rotatable bonds is 4. The van der Waals surface area contributed by atoms with Gasteiger partial charge in [-0.15, -0.1) is 0 Å². The van der Waals surface area contributed by atoms with Crippen LogP contribution in [0.25, 0.3) is 0 Å². The molecule has 0 saturated heterocycles. The minimum atomic E-state index is -1.48. The SMILES string of the molecule is CC(=O)Oc1cc(OC(C)=O)c2c(c1)O[C@@H](c1ccc(O)c(O)c1)[C@H](OC(C)=O)C2=O. The Kier molecular flexibility index (Phi) is 5.82. The van der Waals surface area contributed by atoms with Crippen molar-refractivity contribution in [2.75, 3.05) is 0 Å². The third-order valence-corrected chi connectivity index (χ3v) is 4.21. The van der Waals surface area contributed by atoms with Crippen molar-refractivity contribution >= 4 is 23.7 Å². The summed E-state index contributed by atoms with van der Waals surface area (Å²) < 4.78 is 21.2. The Morgan fingerprint density at radius 3 is 2.16 bits per heavy atom. The Labute approximate surface area is 175 Å². The molecule has 2 N–H and O–H groups in total. The van der Waals surface area contributed by atoms with Crippen LogP contribution in [-0.2, 0) is 19.1 Å². The Bertz CT molecular complexity index is 1090. The predicted molar refractivity (Wildman–Crippen MR) is 102 cm³/mol. The highest BCUT2D eigenvalue weighted by atomic mass is 16.6. The Balaban J connectivity index is 2.17. The van der Waals surface area contributed by atoms with Crippen LogP contribution in [0.5, 0.6) is 28.7 Å². The van der Waals surface area contributed by atoms with Crippen LogP contribution in [-0.4, -0.2) is 40.0 Å². The molecule has 0 unspecified atom stereocenters. The van der Waals surface area contributed by atoms with Crippen molar-refractivity contribution in [3.05, 3.63) is 41.5 Å². The van der Waals surface area contributed by atoms with Gasteiger partial charge in [0.15, 0.2) is 17.6 Å². The van der Waals surface area contributed by atoms with Gasteiger partial charge in [0.25, 0.3) is 0 Å². The summed E-state index contributed by atoms with van der Waals surface area (Å²) in [7, 11) is 0. The molecule has 0 radical (unpaired) electrons. The van der Waals surface area contributed by atoms with Gasteiger partial charge < -0.3 is 29.2 Å². The number of phenols is 2. The number of carbonyl (C=O) groups is 4. The Morgan fingerprint density at radius 2 is 1.58 bits per heavy atom. The zero-order chi connectivity index (χ0) is 22.9. The highest BCUT2D eigenvalue weighted by Crippen LogP contribution is 2.44. The molecular weight excluding hydrogens is 412 g/mol. The molecule has 10 heteroatoms. The second-order valence-corrected chi connectivity index (χ2v) is 6.66. The highest BCUT2D eigenvalue weighted by Gasteiger charge is 2.43. The summed E-state index contributed by atoms with van der Waals surface area (Å²) in [4.78, 5) is 47.8. The summed E-state index contributed by atoms with van der Waals surface area (Å²) in [6.45, 7) is 3.38. The maximum absolute atomic E-state index is 13.3. The number of carbonyl (C=O) groups excluding carboxylic acids is 4. The number of aromatic hydroxyl groups is 2. The summed E-state index contributed by atoms with van der Waals surface area (Å²) >= 11 is 0. The van der Waals surface area contributed by atoms with Crippen LogP contribution in [0.4, 0.5) is 0 Å². The predicted octanol–water partition coefficient (Wildman–Crippen LogP) is 2.20. The molecule has 0 spiro atoms. The monoisotopic (exact) mass is 430 g/mol. The van der Waals surface area contributed by atoms with Gasteiger partial charge in [-0.1, -0.05) is 6.07 Å². The minimum Gasteiger partial charge on any atom is -0.504 e. The molecule has 1 aliphatic heterocycles. The molecule has 0 aliphatic carbocycles. The fourth-order valence-corrected chi connectivity index (χ4v) is 3.09. The molecule has 10 nitrogen and oxygen atoms in total. The summed E-state index contributed by atoms with van der Waals surface area (Å²) in [5.41, 5.74) is 0.0316. The van der Waals surface area contributed by atoms with Crippen molar-refractivity contribution in [2.45, 2.75) is 33.0 Å². The van der Waals surface area contributed by atoms with E-state index in [4.69, 9.17) is 18.9 Å². The van der Waals surface area contributed by atoms with Gasteiger partial charge in [-0.05, 0) is 12.1 Å². The molecule has 1 heterocycles. The van der Waals surface area contributed by atoms with E-state index in [9.17, 15) is 29.4 Å². The van der Waals surface area contributed by atoms with Gasteiger partial charge in [0.2, 0.25) is 11.9 Å². The number of Topliss-reactive ketones (excluding diaryl/α,β-unsaturated/α-hetero) is 1. The number of benzene rings is 2. The van der Waals surface area contributed by atoms with Crippen LogP contribution in [0.15, 0.2) is 30.3 Å². The van der Waals surface area contributed by atoms with Gasteiger partial charge in [-0.25, -0.2) is 0 Å². The highest BCUT2D eigenvalue weighted by molar-refractivity contribution is 6.07. The second-order valence-electron chi connectivity index (χ2n) is 6.66. The summed E-state index contributed by atoms with van der Waals surface area (Å²) in [6.07, 6.45) is -2.70. The topological polar surface area (TPSA) is 146 Å². The zero-order valence-electron chi connectivity index (χ0n) is 16.7. The molecule has 3 rings (SSSR count). The molecule has 0 fully saturated rings. The van der Waals surface area contributed by atoms with Crippen molar-refractivity contribution < 1.29 is 48.3 Å². The smallest absolute Gasteiger partial charge is 0.308 e. The normalized spacial score (nSPS) is 17.2. The number of hydrogen-bond donors (Lipinski definition) is 2. The van der Waals surface area contributed by atoms with E-state index < -0.39 is 47.4 Å². The molecule has 2 atom stereocenters. The molecule has 2 aromatic carbocycles. The fraction of sp³-hybridized carbons (Fsp3) is 0.238. The lowest BCUT2D eigenvalue weighted by Crippen LogP contribution is -2.40. The lowest BCUT2D eigenvalue weighted by molar-refractivity contribution is -0.149. The number of ketones is 1. The van der Waals surface area contributed by atoms with Crippen LogP contribution < -0.4 is 14.2 Å². The lowest BCUT2D eigenvalue weighted by Gasteiger charge is -2.33. The van der Waals surface area contributed by atoms with E-state index in [0.717, 1.165) is 26.8 Å². The fourth-order valence-electron chi connectivity index (χ4n) is 3.09. The van der Waals surface area contributed by atoms with Crippen LogP contribution in [0.3, 0.4) is 0 Å². The van der Waals surface area contributed by atoms with E-state index in [0.29, 0.717) is 0 Å². The molecule has 0 aromatic heterocycles. The number of fused-ring (bicyclic) bond motifs is 1. The molecular formula is C21H18O10. The van der Waals surface area contributed by atoms with Gasteiger partial charge in [0.1, 0.15) is 22.8 Å². The number of hydrogen-bond acceptors (Lipinski definition) is 10. The Hall–Kier alpha value is -4.08. The van der Waals surface area contributed by atoms with E-state index in [1.54, 1.807) is 0 Å². The zero-order valence-corrected chi connectivity index (χ0v) is 16.7. The summed E-state index contributed by atoms with van der Waals surface area (Å²) in [5.74, 6) is -4.17. The van der Waals surface area contributed by atoms with E-state index in [2.05, 4.69) is 0 Å². The summed E-state index contributed by atoms with van der Waals surface area (Å²) in [6, 6.07) is 6.12. The van der Waals surface area contributed by atoms with Gasteiger partial charge in [-0.3, -0.25) is 19.2 Å². The second kappa shape index (κ2) is 8.34. The van der Waals surface area contributed by atoms with Gasteiger partial charge in [0.05, 0.1) is 0 Å². The quantitative estimate of drug-likeness (QED) is 0.420. The molecule has 0 saturated carbocycles. The van der Waals surface area contributed by atoms with E-state index in [1.807, 2.05) is 0 Å². The average molecular weight is 430 g/mol. The largest absolute Gasteiger partial charge is 0.504 e. The first-order valence-electron chi connectivity index (χ1n) is 9.01. The number of phenolic OH excluding ortho intramolecular Hbond substituents is 2. The number of esters is 3. The van der Waals surface area contributed by atoms with Crippen molar-refractivity contribution in [1.29, 1.82) is 0 Å². The molecule has 31 heavy (non-hydrogen) atoms. The Morgan fingerprint density at radius 1 is 0.903 bits per heavy atom. The lowest BCUT2D eigenvalue weighted by atomic mass is 9.92. The van der Waals surface area contributed by atoms with Gasteiger partial charge in [0, 0.05) is 38.5 Å². The first-order valence-corrected chi connectivity index (χ1v) is 9.01. The van der Waals surface area contributed by atoms with Gasteiger partial charge >= 0.3 is 17.9 Å². The van der Waals surface area contributed by atoms with Crippen LogP contribution >= 0.6 is 0 Å². The minimum absolute atomic E-state index is 0.0476. The summed E-state index contributed by atoms with van der Waals surface area (Å²) in [5, 5.41) is 19.4. The molecule has 0 bridgehead atoms. The molecule has 1 aliphatic rings. The van der Waals surface area contributed by atoms with Crippen molar-refractivity contribution in [3.8, 4) is 28.7 Å². The van der Waals surface area contributed by atoms with Crippen molar-refractivity contribution in [2.24, 2.45) is 0 Å². The van der Waals surface area contributed by atoms with Crippen LogP contribution in [0.2, 0.25) is 0 Å². The van der Waals surface area contributed by atoms with Gasteiger partial charge in [-0.2, -0.15) is 0 Å². The first kappa shape index (κ1) is 21.6. The van der Waals surface area contributed by atoms with Crippen molar-refractivity contribution in [1.82, 2.24) is 0 Å². The first-order chi connectivity index (χ1) is 14.6. The third-order valence-electron chi connectivity index (χ3n) is 4.21. The third kappa shape index (κ3) is 4.58. The van der Waals surface area contributed by atoms with Crippen LogP contribution in [0.1, 0.15) is 42.8 Å². The maximum Gasteiger partial charge on any atom is 0.308 e. The maximum atomic E-state index is 13.3. The molecule has 2 aromatic rings. The van der Waals surface area contributed by atoms with E-state index in [-0.39, 0.29) is 28.4 Å². The molecule has 0 amide bonds. The average Bonchev–Trinajstić information content (AvgIpc) is 2.64.